The summed E-state index contributed by atoms with van der Waals surface area (Å²) in [4.78, 5) is 19.3. The van der Waals surface area contributed by atoms with Crippen LogP contribution in [0.1, 0.15) is 23.8 Å². The van der Waals surface area contributed by atoms with E-state index in [4.69, 9.17) is 16.3 Å². The van der Waals surface area contributed by atoms with Crippen LogP contribution in [0.5, 0.6) is 0 Å². The van der Waals surface area contributed by atoms with E-state index in [2.05, 4.69) is 15.3 Å². The van der Waals surface area contributed by atoms with Gasteiger partial charge in [0, 0.05) is 19.8 Å². The summed E-state index contributed by atoms with van der Waals surface area (Å²) in [6.45, 7) is 2.51. The lowest BCUT2D eigenvalue weighted by Crippen LogP contribution is -2.33. The fourth-order valence-corrected chi connectivity index (χ4v) is 1.19. The van der Waals surface area contributed by atoms with Crippen LogP contribution in [0.4, 0.5) is 0 Å². The van der Waals surface area contributed by atoms with Crippen molar-refractivity contribution in [2.75, 3.05) is 13.7 Å². The van der Waals surface area contributed by atoms with E-state index in [1.165, 1.54) is 12.4 Å². The Bertz CT molecular complexity index is 342. The molecule has 1 heterocycles. The summed E-state index contributed by atoms with van der Waals surface area (Å²) >= 11 is 5.57. The lowest BCUT2D eigenvalue weighted by Gasteiger charge is -2.12. The first-order chi connectivity index (χ1) is 7.63. The van der Waals surface area contributed by atoms with E-state index < -0.39 is 0 Å². The summed E-state index contributed by atoms with van der Waals surface area (Å²) in [6.07, 6.45) is 3.44. The van der Waals surface area contributed by atoms with E-state index in [1.54, 1.807) is 7.11 Å². The number of carbonyl (C=O) groups is 1. The molecule has 88 valence electrons. The molecule has 0 fully saturated rings. The van der Waals surface area contributed by atoms with Gasteiger partial charge in [-0.3, -0.25) is 4.79 Å². The molecule has 1 unspecified atom stereocenters. The Balaban J connectivity index is 2.48. The fourth-order valence-electron chi connectivity index (χ4n) is 1.09. The number of aromatic nitrogens is 2. The Kier molecular flexibility index (Phi) is 5.14. The number of halogens is 1. The molecule has 0 radical (unpaired) electrons. The van der Waals surface area contributed by atoms with Crippen LogP contribution in [0.15, 0.2) is 12.4 Å². The molecule has 0 aliphatic carbocycles. The highest BCUT2D eigenvalue weighted by molar-refractivity contribution is 6.29. The summed E-state index contributed by atoms with van der Waals surface area (Å²) in [5.74, 6) is -0.257. The van der Waals surface area contributed by atoms with Crippen molar-refractivity contribution in [3.63, 3.8) is 0 Å². The molecule has 0 aliphatic rings. The lowest BCUT2D eigenvalue weighted by molar-refractivity contribution is 0.0924. The molecular formula is C10H14ClN3O2. The maximum Gasteiger partial charge on any atom is 0.271 e. The second kappa shape index (κ2) is 6.40. The molecule has 0 aromatic carbocycles. The smallest absolute Gasteiger partial charge is 0.271 e. The summed E-state index contributed by atoms with van der Waals surface area (Å²) in [5.41, 5.74) is 0.258. The third-order valence-corrected chi connectivity index (χ3v) is 2.18. The van der Waals surface area contributed by atoms with Crippen LogP contribution in [-0.2, 0) is 4.74 Å². The van der Waals surface area contributed by atoms with Crippen molar-refractivity contribution in [3.05, 3.63) is 23.2 Å². The van der Waals surface area contributed by atoms with E-state index in [1.807, 2.05) is 6.92 Å². The summed E-state index contributed by atoms with van der Waals surface area (Å²) in [5, 5.41) is 3.05. The molecule has 0 saturated heterocycles. The van der Waals surface area contributed by atoms with E-state index in [0.717, 1.165) is 6.42 Å². The van der Waals surface area contributed by atoms with Crippen LogP contribution in [0.3, 0.4) is 0 Å². The average Bonchev–Trinajstić information content (AvgIpc) is 2.27. The standard InChI is InChI=1S/C10H14ClN3O2/c1-7(3-4-16-2)14-10(15)8-5-13-9(11)6-12-8/h5-7H,3-4H2,1-2H3,(H,14,15). The van der Waals surface area contributed by atoms with Gasteiger partial charge in [0.1, 0.15) is 10.8 Å². The molecule has 0 aliphatic heterocycles. The topological polar surface area (TPSA) is 64.1 Å². The quantitative estimate of drug-likeness (QED) is 0.846. The largest absolute Gasteiger partial charge is 0.385 e. The molecule has 0 bridgehead atoms. The lowest BCUT2D eigenvalue weighted by atomic mass is 10.2. The number of rotatable bonds is 5. The summed E-state index contributed by atoms with van der Waals surface area (Å²) < 4.78 is 4.92. The second-order valence-electron chi connectivity index (χ2n) is 3.38. The highest BCUT2D eigenvalue weighted by Gasteiger charge is 2.10. The van der Waals surface area contributed by atoms with Crippen molar-refractivity contribution < 1.29 is 9.53 Å². The highest BCUT2D eigenvalue weighted by Crippen LogP contribution is 2.02. The van der Waals surface area contributed by atoms with Gasteiger partial charge >= 0.3 is 0 Å². The minimum Gasteiger partial charge on any atom is -0.385 e. The van der Waals surface area contributed by atoms with Crippen LogP contribution in [0, 0.1) is 0 Å². The molecule has 1 aromatic heterocycles. The Hall–Kier alpha value is -1.20. The van der Waals surface area contributed by atoms with Crippen LogP contribution >= 0.6 is 11.6 Å². The van der Waals surface area contributed by atoms with Gasteiger partial charge in [-0.05, 0) is 13.3 Å². The number of carbonyl (C=O) groups excluding carboxylic acids is 1. The number of nitrogens with one attached hydrogen (secondary N) is 1. The van der Waals surface area contributed by atoms with Crippen LogP contribution in [0.2, 0.25) is 5.15 Å². The second-order valence-corrected chi connectivity index (χ2v) is 3.77. The SMILES string of the molecule is COCCC(C)NC(=O)c1cnc(Cl)cn1. The maximum atomic E-state index is 11.6. The van der Waals surface area contributed by atoms with Crippen LogP contribution in [-0.4, -0.2) is 35.6 Å². The number of hydrogen-bond acceptors (Lipinski definition) is 4. The summed E-state index contributed by atoms with van der Waals surface area (Å²) in [6, 6.07) is 0.0323. The Morgan fingerprint density at radius 3 is 2.88 bits per heavy atom. The highest BCUT2D eigenvalue weighted by atomic mass is 35.5. The number of hydrogen-bond donors (Lipinski definition) is 1. The zero-order valence-corrected chi connectivity index (χ0v) is 9.99. The maximum absolute atomic E-state index is 11.6. The monoisotopic (exact) mass is 243 g/mol. The number of ether oxygens (including phenoxy) is 1. The van der Waals surface area contributed by atoms with E-state index >= 15 is 0 Å². The van der Waals surface area contributed by atoms with Gasteiger partial charge in [0.25, 0.3) is 5.91 Å². The van der Waals surface area contributed by atoms with Crippen LogP contribution < -0.4 is 5.32 Å². The molecule has 1 atom stereocenters. The number of amides is 1. The first-order valence-electron chi connectivity index (χ1n) is 4.91. The van der Waals surface area contributed by atoms with Gasteiger partial charge in [-0.25, -0.2) is 9.97 Å². The van der Waals surface area contributed by atoms with E-state index in [9.17, 15) is 4.79 Å². The molecule has 1 amide bonds. The first kappa shape index (κ1) is 12.9. The minimum absolute atomic E-state index is 0.0323. The van der Waals surface area contributed by atoms with Crippen molar-refractivity contribution in [2.45, 2.75) is 19.4 Å². The number of nitrogens with zero attached hydrogens (tertiary/aromatic N) is 2. The molecule has 5 nitrogen and oxygen atoms in total. The van der Waals surface area contributed by atoms with Gasteiger partial charge in [-0.1, -0.05) is 11.6 Å². The van der Waals surface area contributed by atoms with E-state index in [-0.39, 0.29) is 22.8 Å². The molecule has 6 heteroatoms. The van der Waals surface area contributed by atoms with Gasteiger partial charge in [0.15, 0.2) is 0 Å². The third-order valence-electron chi connectivity index (χ3n) is 1.99. The van der Waals surface area contributed by atoms with Crippen LogP contribution in [0.25, 0.3) is 0 Å². The van der Waals surface area contributed by atoms with Gasteiger partial charge in [-0.15, -0.1) is 0 Å². The van der Waals surface area contributed by atoms with E-state index in [0.29, 0.717) is 6.61 Å². The molecule has 0 spiro atoms. The third kappa shape index (κ3) is 4.12. The van der Waals surface area contributed by atoms with Gasteiger partial charge < -0.3 is 10.1 Å². The van der Waals surface area contributed by atoms with Gasteiger partial charge in [0.05, 0.1) is 12.4 Å². The molecule has 1 aromatic rings. The molecule has 1 rings (SSSR count). The molecule has 0 saturated carbocycles. The zero-order chi connectivity index (χ0) is 12.0. The van der Waals surface area contributed by atoms with Gasteiger partial charge in [-0.2, -0.15) is 0 Å². The molecule has 1 N–H and O–H groups in total. The molecule has 16 heavy (non-hydrogen) atoms. The van der Waals surface area contributed by atoms with Gasteiger partial charge in [0.2, 0.25) is 0 Å². The zero-order valence-electron chi connectivity index (χ0n) is 9.24. The van der Waals surface area contributed by atoms with Crippen molar-refractivity contribution in [1.82, 2.24) is 15.3 Å². The molecular weight excluding hydrogens is 230 g/mol. The normalized spacial score (nSPS) is 12.2. The minimum atomic E-state index is -0.257. The van der Waals surface area contributed by atoms with Crippen molar-refractivity contribution in [1.29, 1.82) is 0 Å². The number of methoxy groups -OCH3 is 1. The summed E-state index contributed by atoms with van der Waals surface area (Å²) in [7, 11) is 1.62. The fraction of sp³-hybridized carbons (Fsp3) is 0.500. The Morgan fingerprint density at radius 1 is 1.56 bits per heavy atom. The average molecular weight is 244 g/mol. The predicted molar refractivity (Wildman–Crippen MR) is 60.5 cm³/mol. The van der Waals surface area contributed by atoms with Crippen molar-refractivity contribution >= 4 is 17.5 Å². The van der Waals surface area contributed by atoms with Crippen molar-refractivity contribution in [3.8, 4) is 0 Å². The Morgan fingerprint density at radius 2 is 2.31 bits per heavy atom. The predicted octanol–water partition coefficient (Wildman–Crippen LogP) is 1.28. The Labute approximate surface area is 99.2 Å². The first-order valence-corrected chi connectivity index (χ1v) is 5.28. The van der Waals surface area contributed by atoms with Crippen molar-refractivity contribution in [2.24, 2.45) is 0 Å².